The van der Waals surface area contributed by atoms with Crippen molar-refractivity contribution in [3.63, 3.8) is 0 Å². The van der Waals surface area contributed by atoms with Crippen LogP contribution >= 0.6 is 0 Å². The van der Waals surface area contributed by atoms with E-state index >= 15 is 0 Å². The van der Waals surface area contributed by atoms with Crippen LogP contribution in [0.3, 0.4) is 0 Å². The summed E-state index contributed by atoms with van der Waals surface area (Å²) < 4.78 is 12.9. The minimum Gasteiger partial charge on any atom is -0.461 e. The number of rotatable bonds is 26. The van der Waals surface area contributed by atoms with E-state index in [1.54, 1.807) is 0 Å². The zero-order chi connectivity index (χ0) is 35.8. The highest BCUT2D eigenvalue weighted by Crippen LogP contribution is 2.37. The number of aryl methyl sites for hydroxylation is 2. The molecule has 52 heavy (non-hydrogen) atoms. The molecule has 6 aromatic rings. The van der Waals surface area contributed by atoms with Crippen molar-refractivity contribution in [1.29, 1.82) is 0 Å². The molecule has 0 spiro atoms. The van der Waals surface area contributed by atoms with Crippen LogP contribution in [0.1, 0.15) is 179 Å². The van der Waals surface area contributed by atoms with E-state index in [1.807, 2.05) is 0 Å². The van der Waals surface area contributed by atoms with Crippen LogP contribution in [0.2, 0.25) is 0 Å². The molecule has 0 aliphatic carbocycles. The van der Waals surface area contributed by atoms with Gasteiger partial charge >= 0.3 is 0 Å². The van der Waals surface area contributed by atoms with Crippen molar-refractivity contribution in [2.75, 3.05) is 0 Å². The first-order valence-corrected chi connectivity index (χ1v) is 22.0. The van der Waals surface area contributed by atoms with Gasteiger partial charge in [-0.15, -0.1) is 0 Å². The molecule has 6 rings (SSSR count). The van der Waals surface area contributed by atoms with Gasteiger partial charge in [-0.05, 0) is 81.6 Å². The molecule has 0 aliphatic heterocycles. The van der Waals surface area contributed by atoms with Crippen molar-refractivity contribution < 1.29 is 8.83 Å². The van der Waals surface area contributed by atoms with Crippen molar-refractivity contribution in [2.45, 2.75) is 181 Å². The van der Waals surface area contributed by atoms with Gasteiger partial charge < -0.3 is 8.83 Å². The van der Waals surface area contributed by atoms with Crippen LogP contribution in [0.5, 0.6) is 0 Å². The van der Waals surface area contributed by atoms with Gasteiger partial charge in [0.25, 0.3) is 0 Å². The third-order valence-electron chi connectivity index (χ3n) is 11.8. The summed E-state index contributed by atoms with van der Waals surface area (Å²) in [6, 6.07) is 23.0. The molecular weight excluding hydrogens is 633 g/mol. The van der Waals surface area contributed by atoms with E-state index in [1.165, 1.54) is 197 Å². The lowest BCUT2D eigenvalue weighted by molar-refractivity contribution is 0.514. The molecule has 4 aromatic carbocycles. The van der Waals surface area contributed by atoms with E-state index in [-0.39, 0.29) is 0 Å². The average molecular weight is 701 g/mol. The maximum absolute atomic E-state index is 6.44. The van der Waals surface area contributed by atoms with Crippen LogP contribution < -0.4 is 0 Å². The fourth-order valence-corrected chi connectivity index (χ4v) is 8.58. The van der Waals surface area contributed by atoms with Crippen LogP contribution in [0.25, 0.3) is 54.3 Å². The fourth-order valence-electron chi connectivity index (χ4n) is 8.58. The maximum atomic E-state index is 6.44. The number of benzene rings is 4. The lowest BCUT2D eigenvalue weighted by atomic mass is 9.96. The minimum absolute atomic E-state index is 1.01. The lowest BCUT2D eigenvalue weighted by Gasteiger charge is -2.08. The van der Waals surface area contributed by atoms with Crippen molar-refractivity contribution >= 4 is 54.3 Å². The molecule has 0 aliphatic rings. The highest BCUT2D eigenvalue weighted by Gasteiger charge is 2.12. The first-order chi connectivity index (χ1) is 25.7. The third kappa shape index (κ3) is 10.9. The van der Waals surface area contributed by atoms with Crippen molar-refractivity contribution in [3.8, 4) is 0 Å². The predicted molar refractivity (Wildman–Crippen MR) is 228 cm³/mol. The first-order valence-electron chi connectivity index (χ1n) is 22.0. The van der Waals surface area contributed by atoms with Gasteiger partial charge in [0, 0.05) is 23.6 Å². The third-order valence-corrected chi connectivity index (χ3v) is 11.8. The molecule has 0 amide bonds. The summed E-state index contributed by atoms with van der Waals surface area (Å²) in [6.07, 6.45) is 35.2. The van der Waals surface area contributed by atoms with Gasteiger partial charge in [-0.1, -0.05) is 179 Å². The van der Waals surface area contributed by atoms with Crippen molar-refractivity contribution in [1.82, 2.24) is 0 Å². The number of hydrogen-bond donors (Lipinski definition) is 0. The second kappa shape index (κ2) is 20.8. The molecule has 0 atom stereocenters. The molecule has 2 heterocycles. The van der Waals surface area contributed by atoms with Crippen LogP contribution in [0, 0.1) is 0 Å². The zero-order valence-corrected chi connectivity index (χ0v) is 33.0. The van der Waals surface area contributed by atoms with Crippen molar-refractivity contribution in [3.05, 3.63) is 72.2 Å². The summed E-state index contributed by atoms with van der Waals surface area (Å²) >= 11 is 0. The summed E-state index contributed by atoms with van der Waals surface area (Å²) in [6.45, 7) is 4.59. The molecule has 0 fully saturated rings. The SMILES string of the molecule is CCCCCCCCCCCCCCc1cc2cc3ccc4c5cc6oc(CCCCCCCCCCCCCC)cc6cc5ccc4c3cc2o1. The number of fused-ring (bicyclic) bond motifs is 7. The van der Waals surface area contributed by atoms with Gasteiger partial charge in [0.15, 0.2) is 0 Å². The van der Waals surface area contributed by atoms with Gasteiger partial charge in [-0.2, -0.15) is 0 Å². The first kappa shape index (κ1) is 38.5. The van der Waals surface area contributed by atoms with Gasteiger partial charge in [-0.25, -0.2) is 0 Å². The molecule has 0 radical (unpaired) electrons. The summed E-state index contributed by atoms with van der Waals surface area (Å²) in [7, 11) is 0. The highest BCUT2D eigenvalue weighted by atomic mass is 16.3. The van der Waals surface area contributed by atoms with Gasteiger partial charge in [0.2, 0.25) is 0 Å². The molecule has 0 saturated heterocycles. The number of hydrogen-bond acceptors (Lipinski definition) is 2. The molecule has 0 N–H and O–H groups in total. The second-order valence-corrected chi connectivity index (χ2v) is 16.2. The Morgan fingerprint density at radius 3 is 0.981 bits per heavy atom. The van der Waals surface area contributed by atoms with Gasteiger partial charge in [0.05, 0.1) is 0 Å². The summed E-state index contributed by atoms with van der Waals surface area (Å²) in [5, 5.41) is 10.1. The Kier molecular flexibility index (Phi) is 15.4. The smallest absolute Gasteiger partial charge is 0.134 e. The standard InChI is InChI=1S/C50H68O2/c1-3-5-7-9-11-13-15-17-19-21-23-25-27-43-35-41-33-39-29-31-46-45(47(39)37-49(41)51-43)32-30-40-34-42-36-44(52-50(42)38-48(40)46)28-26-24-22-20-18-16-14-12-10-8-6-4-2/h29-38H,3-28H2,1-2H3. The number of furan rings is 2. The Hall–Kier alpha value is -3.26. The van der Waals surface area contributed by atoms with E-state index in [9.17, 15) is 0 Å². The Morgan fingerprint density at radius 2 is 0.635 bits per heavy atom. The Balaban J connectivity index is 0.997. The quantitative estimate of drug-likeness (QED) is 0.0416. The molecule has 0 bridgehead atoms. The topological polar surface area (TPSA) is 26.3 Å². The maximum Gasteiger partial charge on any atom is 0.134 e. The molecule has 0 unspecified atom stereocenters. The fraction of sp³-hybridized carbons (Fsp3) is 0.560. The lowest BCUT2D eigenvalue weighted by Crippen LogP contribution is -1.85. The second-order valence-electron chi connectivity index (χ2n) is 16.2. The normalized spacial score (nSPS) is 12.1. The predicted octanol–water partition coefficient (Wildman–Crippen LogP) is 17.1. The molecule has 0 saturated carbocycles. The zero-order valence-electron chi connectivity index (χ0n) is 33.0. The summed E-state index contributed by atoms with van der Waals surface area (Å²) in [5.41, 5.74) is 2.02. The van der Waals surface area contributed by atoms with E-state index < -0.39 is 0 Å². The van der Waals surface area contributed by atoms with Crippen LogP contribution in [0.4, 0.5) is 0 Å². The van der Waals surface area contributed by atoms with E-state index in [0.29, 0.717) is 0 Å². The van der Waals surface area contributed by atoms with Gasteiger partial charge in [-0.3, -0.25) is 0 Å². The molecule has 280 valence electrons. The van der Waals surface area contributed by atoms with E-state index in [4.69, 9.17) is 8.83 Å². The van der Waals surface area contributed by atoms with Crippen LogP contribution in [-0.4, -0.2) is 0 Å². The van der Waals surface area contributed by atoms with Gasteiger partial charge in [0.1, 0.15) is 22.7 Å². The molecule has 2 aromatic heterocycles. The van der Waals surface area contributed by atoms with E-state index in [2.05, 4.69) is 74.5 Å². The average Bonchev–Trinajstić information content (AvgIpc) is 3.75. The summed E-state index contributed by atoms with van der Waals surface area (Å²) in [5.74, 6) is 2.26. The largest absolute Gasteiger partial charge is 0.461 e. The molecule has 2 nitrogen and oxygen atoms in total. The van der Waals surface area contributed by atoms with Crippen molar-refractivity contribution in [2.24, 2.45) is 0 Å². The minimum atomic E-state index is 1.01. The summed E-state index contributed by atoms with van der Waals surface area (Å²) in [4.78, 5) is 0. The van der Waals surface area contributed by atoms with E-state index in [0.717, 1.165) is 35.5 Å². The van der Waals surface area contributed by atoms with Crippen LogP contribution in [-0.2, 0) is 12.8 Å². The van der Waals surface area contributed by atoms with Crippen LogP contribution in [0.15, 0.2) is 69.5 Å². The Morgan fingerprint density at radius 1 is 0.308 bits per heavy atom. The number of unbranched alkanes of at least 4 members (excludes halogenated alkanes) is 22. The molecular formula is C50H68O2. The Labute approximate surface area is 315 Å². The Bertz CT molecular complexity index is 1800. The monoisotopic (exact) mass is 701 g/mol. The highest BCUT2D eigenvalue weighted by molar-refractivity contribution is 6.20. The molecule has 2 heteroatoms.